The Bertz CT molecular complexity index is 3060. The van der Waals surface area contributed by atoms with E-state index in [0.29, 0.717) is 0 Å². The van der Waals surface area contributed by atoms with Crippen LogP contribution in [0.4, 0.5) is 0 Å². The summed E-state index contributed by atoms with van der Waals surface area (Å²) in [7, 11) is 0. The SMILES string of the molecule is CC1(C)c2ccccc2-c2c(-c3cccc(-n4c5ccccc5c5c6c7ccccc7n(-c7ccc(-c8ccccc8)cc7)c6ccc54)c3)cccc21. The molecule has 0 spiro atoms. The number of hydrogen-bond acceptors (Lipinski definition) is 0. The molecule has 0 amide bonds. The maximum absolute atomic E-state index is 2.47. The number of nitrogens with zero attached hydrogens (tertiary/aromatic N) is 2. The zero-order chi connectivity index (χ0) is 35.3. The van der Waals surface area contributed by atoms with Crippen molar-refractivity contribution in [3.63, 3.8) is 0 Å². The summed E-state index contributed by atoms with van der Waals surface area (Å²) in [6.45, 7) is 4.71. The second kappa shape index (κ2) is 11.2. The van der Waals surface area contributed by atoms with Gasteiger partial charge in [-0.15, -0.1) is 0 Å². The minimum atomic E-state index is -0.0408. The Kier molecular flexibility index (Phi) is 6.33. The fourth-order valence-electron chi connectivity index (χ4n) is 9.32. The van der Waals surface area contributed by atoms with Crippen LogP contribution in [0.15, 0.2) is 182 Å². The fourth-order valence-corrected chi connectivity index (χ4v) is 9.32. The molecule has 8 aromatic carbocycles. The van der Waals surface area contributed by atoms with Crippen LogP contribution in [0, 0.1) is 0 Å². The molecule has 53 heavy (non-hydrogen) atoms. The molecule has 1 aliphatic rings. The molecule has 2 heterocycles. The van der Waals surface area contributed by atoms with E-state index in [1.807, 2.05) is 0 Å². The molecule has 1 aliphatic carbocycles. The third kappa shape index (κ3) is 4.27. The predicted molar refractivity (Wildman–Crippen MR) is 224 cm³/mol. The number of hydrogen-bond donors (Lipinski definition) is 0. The van der Waals surface area contributed by atoms with E-state index in [9.17, 15) is 0 Å². The number of fused-ring (bicyclic) bond motifs is 10. The summed E-state index contributed by atoms with van der Waals surface area (Å²) < 4.78 is 4.90. The van der Waals surface area contributed by atoms with Gasteiger partial charge < -0.3 is 9.13 Å². The van der Waals surface area contributed by atoms with Crippen LogP contribution in [-0.4, -0.2) is 9.13 Å². The molecule has 0 bridgehead atoms. The van der Waals surface area contributed by atoms with Gasteiger partial charge in [-0.3, -0.25) is 0 Å². The quantitative estimate of drug-likeness (QED) is 0.176. The van der Waals surface area contributed by atoms with Crippen molar-refractivity contribution >= 4 is 43.6 Å². The van der Waals surface area contributed by atoms with Gasteiger partial charge in [0.25, 0.3) is 0 Å². The summed E-state index contributed by atoms with van der Waals surface area (Å²) >= 11 is 0. The highest BCUT2D eigenvalue weighted by Gasteiger charge is 2.36. The first-order chi connectivity index (χ1) is 26.1. The van der Waals surface area contributed by atoms with Crippen LogP contribution >= 0.6 is 0 Å². The van der Waals surface area contributed by atoms with E-state index in [2.05, 4.69) is 205 Å². The molecule has 0 atom stereocenters. The molecule has 250 valence electrons. The van der Waals surface area contributed by atoms with Gasteiger partial charge in [0.15, 0.2) is 0 Å². The first kappa shape index (κ1) is 30.0. The molecule has 0 unspecified atom stereocenters. The molecule has 10 aromatic rings. The Balaban J connectivity index is 1.14. The zero-order valence-corrected chi connectivity index (χ0v) is 29.7. The van der Waals surface area contributed by atoms with E-state index in [4.69, 9.17) is 0 Å². The molecule has 2 nitrogen and oxygen atoms in total. The lowest BCUT2D eigenvalue weighted by atomic mass is 9.82. The monoisotopic (exact) mass is 676 g/mol. The first-order valence-corrected chi connectivity index (χ1v) is 18.5. The molecular formula is C51H36N2. The number of aromatic nitrogens is 2. The minimum Gasteiger partial charge on any atom is -0.309 e. The minimum absolute atomic E-state index is 0.0408. The van der Waals surface area contributed by atoms with Gasteiger partial charge in [-0.05, 0) is 93.0 Å². The summed E-state index contributed by atoms with van der Waals surface area (Å²) in [6, 6.07) is 67.0. The molecule has 0 radical (unpaired) electrons. The fraction of sp³-hybridized carbons (Fsp3) is 0.0588. The van der Waals surface area contributed by atoms with E-state index in [1.54, 1.807) is 0 Å². The van der Waals surface area contributed by atoms with Crippen molar-refractivity contribution in [3.8, 4) is 44.8 Å². The van der Waals surface area contributed by atoms with Crippen molar-refractivity contribution in [1.82, 2.24) is 9.13 Å². The number of para-hydroxylation sites is 2. The normalized spacial score (nSPS) is 13.2. The van der Waals surface area contributed by atoms with Crippen LogP contribution in [0.3, 0.4) is 0 Å². The van der Waals surface area contributed by atoms with Gasteiger partial charge in [0, 0.05) is 38.3 Å². The van der Waals surface area contributed by atoms with Crippen LogP contribution in [0.1, 0.15) is 25.0 Å². The average molecular weight is 677 g/mol. The summed E-state index contributed by atoms with van der Waals surface area (Å²) in [5, 5.41) is 5.10. The summed E-state index contributed by atoms with van der Waals surface area (Å²) in [4.78, 5) is 0. The van der Waals surface area contributed by atoms with Crippen molar-refractivity contribution in [2.45, 2.75) is 19.3 Å². The predicted octanol–water partition coefficient (Wildman–Crippen LogP) is 13.5. The van der Waals surface area contributed by atoms with Crippen molar-refractivity contribution in [3.05, 3.63) is 193 Å². The number of rotatable bonds is 4. The smallest absolute Gasteiger partial charge is 0.0548 e. The van der Waals surface area contributed by atoms with Crippen molar-refractivity contribution in [1.29, 1.82) is 0 Å². The van der Waals surface area contributed by atoms with Gasteiger partial charge in [-0.2, -0.15) is 0 Å². The van der Waals surface area contributed by atoms with E-state index >= 15 is 0 Å². The maximum atomic E-state index is 2.47. The van der Waals surface area contributed by atoms with E-state index in [1.165, 1.54) is 88.1 Å². The lowest BCUT2D eigenvalue weighted by molar-refractivity contribution is 0.660. The van der Waals surface area contributed by atoms with E-state index < -0.39 is 0 Å². The first-order valence-electron chi connectivity index (χ1n) is 18.5. The van der Waals surface area contributed by atoms with Gasteiger partial charge in [0.05, 0.1) is 22.1 Å². The Morgan fingerprint density at radius 1 is 0.358 bits per heavy atom. The highest BCUT2D eigenvalue weighted by atomic mass is 15.0. The topological polar surface area (TPSA) is 9.86 Å². The van der Waals surface area contributed by atoms with Gasteiger partial charge in [-0.25, -0.2) is 0 Å². The number of benzene rings is 8. The molecule has 0 aliphatic heterocycles. The molecule has 11 rings (SSSR count). The third-order valence-corrected chi connectivity index (χ3v) is 11.7. The second-order valence-corrected chi connectivity index (χ2v) is 14.9. The molecular weight excluding hydrogens is 641 g/mol. The Hall–Kier alpha value is -6.64. The second-order valence-electron chi connectivity index (χ2n) is 14.9. The zero-order valence-electron chi connectivity index (χ0n) is 29.7. The van der Waals surface area contributed by atoms with Gasteiger partial charge in [0.1, 0.15) is 0 Å². The van der Waals surface area contributed by atoms with Crippen LogP contribution in [-0.2, 0) is 5.41 Å². The highest BCUT2D eigenvalue weighted by Crippen LogP contribution is 2.52. The Morgan fingerprint density at radius 2 is 0.887 bits per heavy atom. The third-order valence-electron chi connectivity index (χ3n) is 11.7. The van der Waals surface area contributed by atoms with Gasteiger partial charge in [0.2, 0.25) is 0 Å². The highest BCUT2D eigenvalue weighted by molar-refractivity contribution is 6.29. The van der Waals surface area contributed by atoms with Crippen LogP contribution in [0.5, 0.6) is 0 Å². The molecule has 0 N–H and O–H groups in total. The lowest BCUT2D eigenvalue weighted by Gasteiger charge is -2.21. The van der Waals surface area contributed by atoms with Crippen molar-refractivity contribution < 1.29 is 0 Å². The summed E-state index contributed by atoms with van der Waals surface area (Å²) in [5.74, 6) is 0. The average Bonchev–Trinajstić information content (AvgIpc) is 3.82. The van der Waals surface area contributed by atoms with Crippen molar-refractivity contribution in [2.24, 2.45) is 0 Å². The van der Waals surface area contributed by atoms with E-state index in [0.717, 1.165) is 11.4 Å². The molecule has 2 aromatic heterocycles. The standard InChI is InChI=1S/C51H36N2/c1-51(2)42-22-9-6-18-39(42)48-38(21-13-23-43(48)51)35-16-12-17-37(32-35)53-45-25-11-8-20-41(45)50-47(53)31-30-46-49(50)40-19-7-10-24-44(40)52(46)36-28-26-34(27-29-36)33-14-4-3-5-15-33/h3-32H,1-2H3. The Labute approximate surface area is 308 Å². The van der Waals surface area contributed by atoms with Crippen LogP contribution in [0.2, 0.25) is 0 Å². The molecule has 0 saturated heterocycles. The summed E-state index contributed by atoms with van der Waals surface area (Å²) in [6.07, 6.45) is 0. The Morgan fingerprint density at radius 3 is 1.60 bits per heavy atom. The summed E-state index contributed by atoms with van der Waals surface area (Å²) in [5.41, 5.74) is 17.6. The van der Waals surface area contributed by atoms with E-state index in [-0.39, 0.29) is 5.41 Å². The van der Waals surface area contributed by atoms with Gasteiger partial charge in [-0.1, -0.05) is 147 Å². The molecule has 2 heteroatoms. The van der Waals surface area contributed by atoms with Gasteiger partial charge >= 0.3 is 0 Å². The lowest BCUT2D eigenvalue weighted by Crippen LogP contribution is -2.14. The van der Waals surface area contributed by atoms with Crippen LogP contribution in [0.25, 0.3) is 88.4 Å². The maximum Gasteiger partial charge on any atom is 0.0548 e. The van der Waals surface area contributed by atoms with Crippen molar-refractivity contribution in [2.75, 3.05) is 0 Å². The molecule has 0 saturated carbocycles. The largest absolute Gasteiger partial charge is 0.309 e. The van der Waals surface area contributed by atoms with Crippen LogP contribution < -0.4 is 0 Å². The molecule has 0 fully saturated rings.